The van der Waals surface area contributed by atoms with Crippen molar-refractivity contribution in [3.05, 3.63) is 0 Å². The Morgan fingerprint density at radius 3 is 2.29 bits per heavy atom. The van der Waals surface area contributed by atoms with Crippen LogP contribution in [0, 0.1) is 0 Å². The van der Waals surface area contributed by atoms with Gasteiger partial charge in [-0.05, 0) is 40.0 Å². The van der Waals surface area contributed by atoms with E-state index in [-0.39, 0.29) is 12.2 Å². The minimum absolute atomic E-state index is 0.213. The molecule has 0 aromatic heterocycles. The number of hydrogen-bond acceptors (Lipinski definition) is 4. The van der Waals surface area contributed by atoms with E-state index in [1.807, 2.05) is 0 Å². The summed E-state index contributed by atoms with van der Waals surface area (Å²) in [5.41, 5.74) is -1.10. The molecular weight excluding hydrogens is 246 g/mol. The van der Waals surface area contributed by atoms with Gasteiger partial charge in [0.05, 0.1) is 5.75 Å². The zero-order valence-corrected chi connectivity index (χ0v) is 11.1. The highest BCUT2D eigenvalue weighted by Crippen LogP contribution is 2.39. The molecule has 0 radical (unpaired) electrons. The third kappa shape index (κ3) is 5.88. The second-order valence-electron chi connectivity index (χ2n) is 5.44. The molecule has 17 heavy (non-hydrogen) atoms. The molecule has 0 unspecified atom stereocenters. The van der Waals surface area contributed by atoms with E-state index in [9.17, 15) is 13.2 Å². The lowest BCUT2D eigenvalue weighted by Gasteiger charge is -2.23. The van der Waals surface area contributed by atoms with E-state index in [0.29, 0.717) is 12.8 Å². The van der Waals surface area contributed by atoms with Gasteiger partial charge in [-0.25, -0.2) is 4.79 Å². The van der Waals surface area contributed by atoms with Crippen molar-refractivity contribution in [1.82, 2.24) is 5.32 Å². The molecule has 1 fully saturated rings. The number of amides is 1. The van der Waals surface area contributed by atoms with Gasteiger partial charge in [-0.1, -0.05) is 0 Å². The SMILES string of the molecule is CC(C)(C)OC(=O)NC1(CCS(=O)(=O)O)CC1. The largest absolute Gasteiger partial charge is 0.444 e. The molecule has 0 saturated heterocycles. The molecule has 1 aliphatic rings. The molecule has 100 valence electrons. The lowest BCUT2D eigenvalue weighted by atomic mass is 10.2. The zero-order valence-electron chi connectivity index (χ0n) is 10.3. The van der Waals surface area contributed by atoms with E-state index in [0.717, 1.165) is 0 Å². The summed E-state index contributed by atoms with van der Waals surface area (Å²) < 4.78 is 35.0. The summed E-state index contributed by atoms with van der Waals surface area (Å²) in [4.78, 5) is 11.5. The lowest BCUT2D eigenvalue weighted by Crippen LogP contribution is -2.41. The smallest absolute Gasteiger partial charge is 0.408 e. The molecule has 7 heteroatoms. The quantitative estimate of drug-likeness (QED) is 0.748. The first-order chi connectivity index (χ1) is 7.52. The van der Waals surface area contributed by atoms with Crippen LogP contribution in [-0.2, 0) is 14.9 Å². The lowest BCUT2D eigenvalue weighted by molar-refractivity contribution is 0.0495. The van der Waals surface area contributed by atoms with Crippen molar-refractivity contribution >= 4 is 16.2 Å². The van der Waals surface area contributed by atoms with Crippen LogP contribution in [0.5, 0.6) is 0 Å². The average Bonchev–Trinajstić information content (AvgIpc) is 2.77. The third-order valence-corrected chi connectivity index (χ3v) is 3.18. The minimum atomic E-state index is -3.98. The van der Waals surface area contributed by atoms with Gasteiger partial charge >= 0.3 is 6.09 Å². The van der Waals surface area contributed by atoms with Gasteiger partial charge in [0, 0.05) is 5.54 Å². The summed E-state index contributed by atoms with van der Waals surface area (Å²) in [7, 11) is -3.98. The summed E-state index contributed by atoms with van der Waals surface area (Å²) in [6, 6.07) is 0. The van der Waals surface area contributed by atoms with Crippen molar-refractivity contribution in [2.24, 2.45) is 0 Å². The number of rotatable bonds is 4. The van der Waals surface area contributed by atoms with Gasteiger partial charge in [-0.15, -0.1) is 0 Å². The van der Waals surface area contributed by atoms with Gasteiger partial charge in [0.25, 0.3) is 10.1 Å². The second kappa shape index (κ2) is 4.45. The highest BCUT2D eigenvalue weighted by atomic mass is 32.2. The predicted molar refractivity (Wildman–Crippen MR) is 62.4 cm³/mol. The fourth-order valence-corrected chi connectivity index (χ4v) is 2.08. The van der Waals surface area contributed by atoms with Crippen LogP contribution in [0.2, 0.25) is 0 Å². The molecule has 1 amide bonds. The Kier molecular flexibility index (Phi) is 3.73. The Balaban J connectivity index is 2.43. The van der Waals surface area contributed by atoms with Crippen LogP contribution in [-0.4, -0.2) is 36.0 Å². The second-order valence-corrected chi connectivity index (χ2v) is 7.02. The van der Waals surface area contributed by atoms with E-state index in [2.05, 4.69) is 5.32 Å². The summed E-state index contributed by atoms with van der Waals surface area (Å²) in [6.07, 6.45) is 1.08. The van der Waals surface area contributed by atoms with Gasteiger partial charge in [0.2, 0.25) is 0 Å². The molecule has 0 heterocycles. The molecule has 0 aromatic rings. The Morgan fingerprint density at radius 2 is 1.94 bits per heavy atom. The van der Waals surface area contributed by atoms with Crippen molar-refractivity contribution < 1.29 is 22.5 Å². The summed E-state index contributed by atoms with van der Waals surface area (Å²) >= 11 is 0. The molecule has 0 bridgehead atoms. The maximum Gasteiger partial charge on any atom is 0.408 e. The van der Waals surface area contributed by atoms with Crippen LogP contribution >= 0.6 is 0 Å². The summed E-state index contributed by atoms with van der Waals surface area (Å²) in [5, 5.41) is 2.66. The molecule has 0 spiro atoms. The first-order valence-electron chi connectivity index (χ1n) is 5.48. The molecule has 1 rings (SSSR count). The van der Waals surface area contributed by atoms with Crippen molar-refractivity contribution in [2.75, 3.05) is 5.75 Å². The number of carbonyl (C=O) groups is 1. The molecule has 0 aliphatic heterocycles. The molecule has 1 saturated carbocycles. The average molecular weight is 265 g/mol. The highest BCUT2D eigenvalue weighted by molar-refractivity contribution is 7.85. The Hall–Kier alpha value is -0.820. The van der Waals surface area contributed by atoms with Gasteiger partial charge in [0.15, 0.2) is 0 Å². The molecule has 2 N–H and O–H groups in total. The van der Waals surface area contributed by atoms with Crippen molar-refractivity contribution in [2.45, 2.75) is 51.2 Å². The number of carbonyl (C=O) groups excluding carboxylic acids is 1. The predicted octanol–water partition coefficient (Wildman–Crippen LogP) is 1.32. The molecule has 1 aliphatic carbocycles. The fourth-order valence-electron chi connectivity index (χ4n) is 1.43. The van der Waals surface area contributed by atoms with Crippen LogP contribution in [0.3, 0.4) is 0 Å². The van der Waals surface area contributed by atoms with Crippen LogP contribution in [0.25, 0.3) is 0 Å². The monoisotopic (exact) mass is 265 g/mol. The van der Waals surface area contributed by atoms with Gasteiger partial charge in [0.1, 0.15) is 5.60 Å². The minimum Gasteiger partial charge on any atom is -0.444 e. The number of nitrogens with one attached hydrogen (secondary N) is 1. The summed E-state index contributed by atoms with van der Waals surface area (Å²) in [5.74, 6) is -0.344. The van der Waals surface area contributed by atoms with E-state index >= 15 is 0 Å². The number of ether oxygens (including phenoxy) is 1. The van der Waals surface area contributed by atoms with Gasteiger partial charge in [-0.3, -0.25) is 4.55 Å². The Bertz CT molecular complexity index is 391. The number of alkyl carbamates (subject to hydrolysis) is 1. The Labute approximate surface area is 101 Å². The third-order valence-electron chi connectivity index (χ3n) is 2.46. The van der Waals surface area contributed by atoms with Gasteiger partial charge in [-0.2, -0.15) is 8.42 Å². The van der Waals surface area contributed by atoms with Crippen LogP contribution in [0.1, 0.15) is 40.0 Å². The van der Waals surface area contributed by atoms with Crippen molar-refractivity contribution in [3.63, 3.8) is 0 Å². The molecule has 6 nitrogen and oxygen atoms in total. The normalized spacial score (nSPS) is 18.6. The topological polar surface area (TPSA) is 92.7 Å². The first kappa shape index (κ1) is 14.2. The molecule has 0 atom stereocenters. The molecule has 0 aromatic carbocycles. The standard InChI is InChI=1S/C10H19NO5S/c1-9(2,3)16-8(12)11-10(4-5-10)6-7-17(13,14)15/h4-7H2,1-3H3,(H,11,12)(H,13,14,15). The van der Waals surface area contributed by atoms with E-state index in [1.54, 1.807) is 20.8 Å². The highest BCUT2D eigenvalue weighted by Gasteiger charge is 2.45. The fraction of sp³-hybridized carbons (Fsp3) is 0.900. The van der Waals surface area contributed by atoms with E-state index in [1.165, 1.54) is 0 Å². The van der Waals surface area contributed by atoms with Crippen LogP contribution in [0.15, 0.2) is 0 Å². The van der Waals surface area contributed by atoms with Crippen LogP contribution in [0.4, 0.5) is 4.79 Å². The van der Waals surface area contributed by atoms with E-state index < -0.39 is 27.4 Å². The maximum absolute atomic E-state index is 11.5. The first-order valence-corrected chi connectivity index (χ1v) is 7.09. The summed E-state index contributed by atoms with van der Waals surface area (Å²) in [6.45, 7) is 5.26. The van der Waals surface area contributed by atoms with Gasteiger partial charge < -0.3 is 10.1 Å². The van der Waals surface area contributed by atoms with Crippen molar-refractivity contribution in [3.8, 4) is 0 Å². The number of hydrogen-bond donors (Lipinski definition) is 2. The van der Waals surface area contributed by atoms with Crippen molar-refractivity contribution in [1.29, 1.82) is 0 Å². The van der Waals surface area contributed by atoms with Crippen LogP contribution < -0.4 is 5.32 Å². The Morgan fingerprint density at radius 1 is 1.41 bits per heavy atom. The molecular formula is C10H19NO5S. The van der Waals surface area contributed by atoms with E-state index in [4.69, 9.17) is 9.29 Å². The zero-order chi connectivity index (χ0) is 13.3. The maximum atomic E-state index is 11.5.